The molecule has 3 heterocycles. The van der Waals surface area contributed by atoms with Crippen molar-refractivity contribution in [3.8, 4) is 89.0 Å². The van der Waals surface area contributed by atoms with Gasteiger partial charge in [-0.2, -0.15) is 0 Å². The van der Waals surface area contributed by atoms with Crippen LogP contribution < -0.4 is 4.90 Å². The van der Waals surface area contributed by atoms with Crippen molar-refractivity contribution in [1.29, 1.82) is 0 Å². The Morgan fingerprint density at radius 1 is 0.380 bits per heavy atom. The molecule has 0 radical (unpaired) electrons. The lowest BCUT2D eigenvalue weighted by Gasteiger charge is -2.32. The van der Waals surface area contributed by atoms with Gasteiger partial charge in [0.2, 0.25) is 0 Å². The molecule has 438 valence electrons. The molecule has 0 saturated carbocycles. The molecule has 0 bridgehead atoms. The lowest BCUT2D eigenvalue weighted by Crippen LogP contribution is -2.16. The van der Waals surface area contributed by atoms with Gasteiger partial charge in [-0.05, 0) is 145 Å². The zero-order chi connectivity index (χ0) is 61.6. The minimum absolute atomic E-state index is 0.0710. The van der Waals surface area contributed by atoms with E-state index in [4.69, 9.17) is 13.8 Å². The molecule has 17 rings (SSSR count). The van der Waals surface area contributed by atoms with Crippen LogP contribution in [0.25, 0.3) is 128 Å². The summed E-state index contributed by atoms with van der Waals surface area (Å²) in [5.41, 5.74) is 29.4. The van der Waals surface area contributed by atoms with E-state index in [1.54, 1.807) is 0 Å². The number of allylic oxidation sites excluding steroid dienone is 1. The zero-order valence-corrected chi connectivity index (χ0v) is 51.7. The summed E-state index contributed by atoms with van der Waals surface area (Å²) in [6, 6.07) is 104. The maximum absolute atomic E-state index is 7.66. The molecule has 2 aliphatic carbocycles. The number of para-hydroxylation sites is 2. The third-order valence-electron chi connectivity index (χ3n) is 19.1. The zero-order valence-electron chi connectivity index (χ0n) is 51.7. The highest BCUT2D eigenvalue weighted by Crippen LogP contribution is 2.58. The van der Waals surface area contributed by atoms with Gasteiger partial charge in [-0.15, -0.1) is 0 Å². The Morgan fingerprint density at radius 3 is 1.63 bits per heavy atom. The maximum Gasteiger partial charge on any atom is 0.143 e. The molecule has 4 heteroatoms. The van der Waals surface area contributed by atoms with Gasteiger partial charge in [0.05, 0.1) is 11.4 Å². The Bertz CT molecular complexity index is 5360. The summed E-state index contributed by atoms with van der Waals surface area (Å²) in [6.45, 7) is 8.80. The number of hydrogen-bond acceptors (Lipinski definition) is 4. The summed E-state index contributed by atoms with van der Waals surface area (Å²) < 4.78 is 15.1. The van der Waals surface area contributed by atoms with Crippen LogP contribution in [-0.2, 0) is 5.41 Å². The van der Waals surface area contributed by atoms with E-state index in [0.717, 1.165) is 111 Å². The van der Waals surface area contributed by atoms with Crippen molar-refractivity contribution in [2.75, 3.05) is 4.90 Å². The van der Waals surface area contributed by atoms with E-state index >= 15 is 0 Å². The van der Waals surface area contributed by atoms with E-state index in [2.05, 4.69) is 330 Å². The molecule has 0 saturated heterocycles. The Morgan fingerprint density at radius 2 is 0.946 bits per heavy atom. The number of furan rings is 2. The first-order valence-corrected chi connectivity index (χ1v) is 32.0. The van der Waals surface area contributed by atoms with Crippen LogP contribution in [0.3, 0.4) is 0 Å². The largest absolute Gasteiger partial charge is 0.456 e. The van der Waals surface area contributed by atoms with Crippen LogP contribution in [0.4, 0.5) is 17.1 Å². The molecule has 15 aromatic rings. The fourth-order valence-electron chi connectivity index (χ4n) is 14.6. The minimum atomic E-state index is -0.170. The van der Waals surface area contributed by atoms with E-state index in [-0.39, 0.29) is 17.3 Å². The van der Waals surface area contributed by atoms with Crippen molar-refractivity contribution in [3.05, 3.63) is 331 Å². The van der Waals surface area contributed by atoms with Crippen LogP contribution in [0.1, 0.15) is 66.3 Å². The molecule has 0 N–H and O–H groups in total. The van der Waals surface area contributed by atoms with Gasteiger partial charge < -0.3 is 13.7 Å². The highest BCUT2D eigenvalue weighted by atomic mass is 16.3. The van der Waals surface area contributed by atoms with Crippen molar-refractivity contribution < 1.29 is 8.83 Å². The number of hydrogen-bond donors (Lipinski definition) is 0. The normalized spacial score (nSPS) is 14.0. The van der Waals surface area contributed by atoms with Gasteiger partial charge in [-0.1, -0.05) is 263 Å². The van der Waals surface area contributed by atoms with Crippen LogP contribution >= 0.6 is 0 Å². The summed E-state index contributed by atoms with van der Waals surface area (Å²) in [5, 5.41) is 3.29. The fraction of sp³-hybridized carbons (Fsp3) is 0.0795. The van der Waals surface area contributed by atoms with E-state index in [1.165, 1.54) is 61.2 Å². The van der Waals surface area contributed by atoms with E-state index in [0.29, 0.717) is 0 Å². The van der Waals surface area contributed by atoms with Crippen LogP contribution in [0.5, 0.6) is 0 Å². The summed E-state index contributed by atoms with van der Waals surface area (Å²) in [6.07, 6.45) is 6.67. The first kappa shape index (κ1) is 54.8. The topological polar surface area (TPSA) is 42.4 Å². The first-order valence-electron chi connectivity index (χ1n) is 32.0. The number of pyridine rings is 1. The molecule has 2 aliphatic rings. The lowest BCUT2D eigenvalue weighted by molar-refractivity contribution is 0.569. The average Bonchev–Trinajstić information content (AvgIpc) is 1.49. The monoisotopic (exact) mass is 1180 g/mol. The molecule has 2 atom stereocenters. The number of aromatic nitrogens is 1. The first-order chi connectivity index (χ1) is 45.1. The molecule has 12 aromatic carbocycles. The molecule has 0 spiro atoms. The molecule has 2 unspecified atom stereocenters. The van der Waals surface area contributed by atoms with Crippen molar-refractivity contribution in [3.63, 3.8) is 0 Å². The Balaban J connectivity index is 0.916. The number of fused-ring (bicyclic) bond motifs is 2. The van der Waals surface area contributed by atoms with Gasteiger partial charge in [-0.25, -0.2) is 0 Å². The van der Waals surface area contributed by atoms with Crippen LogP contribution in [-0.4, -0.2) is 4.98 Å². The van der Waals surface area contributed by atoms with E-state index < -0.39 is 0 Å². The predicted octanol–water partition coefficient (Wildman–Crippen LogP) is 24.4. The maximum atomic E-state index is 7.66. The molecule has 0 aliphatic heterocycles. The molecule has 3 aromatic heterocycles. The average molecular weight is 1180 g/mol. The third-order valence-corrected chi connectivity index (χ3v) is 19.1. The second kappa shape index (κ2) is 22.0. The van der Waals surface area contributed by atoms with E-state index in [1.807, 2.05) is 6.20 Å². The highest BCUT2D eigenvalue weighted by Gasteiger charge is 2.39. The summed E-state index contributed by atoms with van der Waals surface area (Å²) in [7, 11) is 0. The van der Waals surface area contributed by atoms with Crippen LogP contribution in [0.15, 0.2) is 306 Å². The van der Waals surface area contributed by atoms with Crippen LogP contribution in [0, 0.1) is 6.92 Å². The van der Waals surface area contributed by atoms with Crippen molar-refractivity contribution >= 4 is 56.0 Å². The van der Waals surface area contributed by atoms with Crippen molar-refractivity contribution in [2.45, 2.75) is 44.9 Å². The second-order valence-electron chi connectivity index (χ2n) is 25.8. The summed E-state index contributed by atoms with van der Waals surface area (Å²) in [4.78, 5) is 7.52. The molecule has 0 fully saturated rings. The van der Waals surface area contributed by atoms with Gasteiger partial charge >= 0.3 is 0 Å². The van der Waals surface area contributed by atoms with Gasteiger partial charge in [-0.3, -0.25) is 4.98 Å². The highest BCUT2D eigenvalue weighted by molar-refractivity contribution is 6.22. The Hall–Kier alpha value is -11.3. The Kier molecular flexibility index (Phi) is 13.1. The number of anilines is 3. The van der Waals surface area contributed by atoms with E-state index in [9.17, 15) is 0 Å². The standard InChI is InChI=1S/C88H64N2O2/c1-55-20-18-25-62(48-55)64-27-19-26-63(49-64)56-34-36-60(37-35-56)72-45-46-78-86-82(72)74-44-43-73(61-40-38-59(39-41-61)70-31-15-14-30-69(70)57-21-8-5-9-22-57)87-85(74)83-75(50-66(51-79(83)92-87)65-42-47-81(89-54-65)88(2,3)4)76-52-68(53-80(91-78)84(76)86)90(67-28-12-7-13-29-67)77-33-17-16-32-71(77)58-23-10-6-11-24-58/h5-54,72,82H,1-4H3. The SMILES string of the molecule is Cc1cccc(-c2cccc(-c3ccc(C4C=Cc5oc6cc(N(c7ccccc7)c7ccccc7-c7ccccc7)cc7c6c5C4c4ccc(-c5ccc(-c6ccccc6-c6ccccc6)cc5)c5oc6cc(-c8ccc(C(C)(C)C)nc8)cc-7c6c45)cc3)c2)c1. The second-order valence-corrected chi connectivity index (χ2v) is 25.8. The molecular formula is C88H64N2O2. The Labute approximate surface area is 536 Å². The minimum Gasteiger partial charge on any atom is -0.456 e. The summed E-state index contributed by atoms with van der Waals surface area (Å²) in [5.74, 6) is 0.625. The van der Waals surface area contributed by atoms with Crippen molar-refractivity contribution in [2.24, 2.45) is 0 Å². The van der Waals surface area contributed by atoms with Gasteiger partial charge in [0.15, 0.2) is 0 Å². The summed E-state index contributed by atoms with van der Waals surface area (Å²) >= 11 is 0. The molecular weight excluding hydrogens is 1120 g/mol. The smallest absolute Gasteiger partial charge is 0.143 e. The quantitative estimate of drug-likeness (QED) is 0.129. The number of nitrogens with zero attached hydrogens (tertiary/aromatic N) is 2. The van der Waals surface area contributed by atoms with Gasteiger partial charge in [0, 0.05) is 79.3 Å². The predicted molar refractivity (Wildman–Crippen MR) is 383 cm³/mol. The number of aryl methyl sites for hydroxylation is 1. The molecule has 0 amide bonds. The molecule has 92 heavy (non-hydrogen) atoms. The molecule has 4 nitrogen and oxygen atoms in total. The number of benzene rings is 12. The third kappa shape index (κ3) is 9.40. The fourth-order valence-corrected chi connectivity index (χ4v) is 14.6. The van der Waals surface area contributed by atoms with Gasteiger partial charge in [0.1, 0.15) is 22.5 Å². The van der Waals surface area contributed by atoms with Gasteiger partial charge in [0.25, 0.3) is 0 Å². The number of rotatable bonds is 11. The lowest BCUT2D eigenvalue weighted by atomic mass is 9.70. The van der Waals surface area contributed by atoms with Crippen LogP contribution in [0.2, 0.25) is 0 Å². The van der Waals surface area contributed by atoms with Crippen molar-refractivity contribution in [1.82, 2.24) is 4.98 Å².